The first-order chi connectivity index (χ1) is 5.08. The lowest BCUT2D eigenvalue weighted by atomic mass is 9.83. The number of halogens is 2. The normalized spacial score (nSPS) is 39.0. The summed E-state index contributed by atoms with van der Waals surface area (Å²) in [4.78, 5) is 0. The largest absolute Gasteiger partial charge is 0.359 e. The van der Waals surface area contributed by atoms with Gasteiger partial charge in [-0.15, -0.1) is 0 Å². The van der Waals surface area contributed by atoms with Crippen molar-refractivity contribution < 1.29 is 13.5 Å². The van der Waals surface area contributed by atoms with Gasteiger partial charge in [0.1, 0.15) is 11.7 Å². The van der Waals surface area contributed by atoms with Crippen LogP contribution in [0.15, 0.2) is 0 Å². The van der Waals surface area contributed by atoms with Crippen molar-refractivity contribution in [3.63, 3.8) is 0 Å². The molecule has 3 heteroatoms. The van der Waals surface area contributed by atoms with Gasteiger partial charge in [0.2, 0.25) is 0 Å². The van der Waals surface area contributed by atoms with E-state index < -0.39 is 17.6 Å². The summed E-state index contributed by atoms with van der Waals surface area (Å²) in [6.45, 7) is 1.45. The lowest BCUT2D eigenvalue weighted by molar-refractivity contribution is -0.366. The molecule has 0 aromatic rings. The van der Waals surface area contributed by atoms with Crippen LogP contribution in [0.1, 0.15) is 32.6 Å². The van der Waals surface area contributed by atoms with Crippen LogP contribution < -0.4 is 0 Å². The van der Waals surface area contributed by atoms with Gasteiger partial charge in [0.15, 0.2) is 0 Å². The third-order valence-electron chi connectivity index (χ3n) is 2.93. The number of hydrogen-bond acceptors (Lipinski definition) is 1. The number of ether oxygens (including phenoxy) is 1. The molecule has 64 valence electrons. The average molecular weight is 162 g/mol. The Morgan fingerprint density at radius 3 is 2.18 bits per heavy atom. The summed E-state index contributed by atoms with van der Waals surface area (Å²) in [5.74, 6) is -2.57. The minimum absolute atomic E-state index is 0.546. The summed E-state index contributed by atoms with van der Waals surface area (Å²) in [5.41, 5.74) is -1.05. The summed E-state index contributed by atoms with van der Waals surface area (Å²) < 4.78 is 31.5. The fourth-order valence-corrected chi connectivity index (χ4v) is 2.20. The molecule has 0 radical (unpaired) electrons. The number of alkyl halides is 2. The molecule has 1 saturated carbocycles. The van der Waals surface area contributed by atoms with Crippen molar-refractivity contribution in [3.8, 4) is 0 Å². The van der Waals surface area contributed by atoms with Crippen molar-refractivity contribution in [1.29, 1.82) is 0 Å². The number of rotatable bonds is 0. The van der Waals surface area contributed by atoms with E-state index in [2.05, 4.69) is 0 Å². The predicted octanol–water partition coefficient (Wildman–Crippen LogP) is 2.35. The second kappa shape index (κ2) is 1.94. The molecule has 0 aromatic carbocycles. The SMILES string of the molecule is CC1OC2(CCCC2)C1(F)F. The molecule has 2 aliphatic rings. The highest BCUT2D eigenvalue weighted by molar-refractivity contribution is 5.09. The first kappa shape index (κ1) is 7.47. The van der Waals surface area contributed by atoms with Crippen molar-refractivity contribution >= 4 is 0 Å². The van der Waals surface area contributed by atoms with E-state index in [0.717, 1.165) is 12.8 Å². The standard InChI is InChI=1S/C8H12F2O/c1-6-8(9,10)7(11-6)4-2-3-5-7/h6H,2-5H2,1H3. The van der Waals surface area contributed by atoms with Crippen LogP contribution in [-0.2, 0) is 4.74 Å². The smallest absolute Gasteiger partial charge is 0.301 e. The van der Waals surface area contributed by atoms with Crippen LogP contribution in [0, 0.1) is 0 Å². The van der Waals surface area contributed by atoms with Gasteiger partial charge in [-0.3, -0.25) is 0 Å². The Labute approximate surface area is 64.7 Å². The first-order valence-corrected chi connectivity index (χ1v) is 4.14. The quantitative estimate of drug-likeness (QED) is 0.531. The molecule has 0 N–H and O–H groups in total. The molecule has 1 unspecified atom stereocenters. The van der Waals surface area contributed by atoms with Crippen molar-refractivity contribution in [3.05, 3.63) is 0 Å². The fraction of sp³-hybridized carbons (Fsp3) is 1.00. The van der Waals surface area contributed by atoms with E-state index in [1.165, 1.54) is 6.92 Å². The maximum absolute atomic E-state index is 13.2. The highest BCUT2D eigenvalue weighted by atomic mass is 19.3. The van der Waals surface area contributed by atoms with E-state index in [1.54, 1.807) is 0 Å². The highest BCUT2D eigenvalue weighted by Gasteiger charge is 2.68. The van der Waals surface area contributed by atoms with E-state index in [9.17, 15) is 8.78 Å². The molecule has 2 fully saturated rings. The second-order valence-corrected chi connectivity index (χ2v) is 3.58. The van der Waals surface area contributed by atoms with Crippen LogP contribution in [0.4, 0.5) is 8.78 Å². The molecule has 0 aromatic heterocycles. The Balaban J connectivity index is 2.17. The third kappa shape index (κ3) is 0.723. The van der Waals surface area contributed by atoms with Crippen LogP contribution in [-0.4, -0.2) is 17.6 Å². The van der Waals surface area contributed by atoms with Gasteiger partial charge < -0.3 is 4.74 Å². The summed E-state index contributed by atoms with van der Waals surface area (Å²) in [6.07, 6.45) is 2.01. The topological polar surface area (TPSA) is 9.23 Å². The molecule has 11 heavy (non-hydrogen) atoms. The molecule has 2 rings (SSSR count). The van der Waals surface area contributed by atoms with Gasteiger partial charge in [0.05, 0.1) is 0 Å². The zero-order chi connectivity index (χ0) is 8.11. The zero-order valence-electron chi connectivity index (χ0n) is 6.57. The maximum Gasteiger partial charge on any atom is 0.301 e. The molecular weight excluding hydrogens is 150 g/mol. The molecule has 1 heterocycles. The monoisotopic (exact) mass is 162 g/mol. The summed E-state index contributed by atoms with van der Waals surface area (Å²) in [5, 5.41) is 0. The van der Waals surface area contributed by atoms with Gasteiger partial charge in [-0.2, -0.15) is 0 Å². The van der Waals surface area contributed by atoms with Gasteiger partial charge >= 0.3 is 5.92 Å². The van der Waals surface area contributed by atoms with Crippen LogP contribution >= 0.6 is 0 Å². The third-order valence-corrected chi connectivity index (χ3v) is 2.93. The Morgan fingerprint density at radius 1 is 1.27 bits per heavy atom. The fourth-order valence-electron chi connectivity index (χ4n) is 2.20. The van der Waals surface area contributed by atoms with Crippen LogP contribution in [0.25, 0.3) is 0 Å². The van der Waals surface area contributed by atoms with Crippen molar-refractivity contribution in [2.75, 3.05) is 0 Å². The molecule has 1 saturated heterocycles. The van der Waals surface area contributed by atoms with Crippen molar-refractivity contribution in [2.45, 2.75) is 50.2 Å². The molecule has 0 amide bonds. The van der Waals surface area contributed by atoms with Crippen molar-refractivity contribution in [2.24, 2.45) is 0 Å². The molecule has 0 bridgehead atoms. The molecule has 1 atom stereocenters. The Hall–Kier alpha value is -0.180. The van der Waals surface area contributed by atoms with Gasteiger partial charge in [0.25, 0.3) is 0 Å². The lowest BCUT2D eigenvalue weighted by Gasteiger charge is -2.51. The molecule has 1 aliphatic carbocycles. The first-order valence-electron chi connectivity index (χ1n) is 4.14. The molecule has 1 aliphatic heterocycles. The Bertz CT molecular complexity index is 173. The lowest BCUT2D eigenvalue weighted by Crippen LogP contribution is -2.67. The summed E-state index contributed by atoms with van der Waals surface area (Å²) in [6, 6.07) is 0. The predicted molar refractivity (Wildman–Crippen MR) is 36.7 cm³/mol. The van der Waals surface area contributed by atoms with E-state index >= 15 is 0 Å². The van der Waals surface area contributed by atoms with Crippen molar-refractivity contribution in [1.82, 2.24) is 0 Å². The molecular formula is C8H12F2O. The van der Waals surface area contributed by atoms with Gasteiger partial charge in [-0.25, -0.2) is 8.78 Å². The minimum Gasteiger partial charge on any atom is -0.359 e. The number of hydrogen-bond donors (Lipinski definition) is 0. The van der Waals surface area contributed by atoms with Gasteiger partial charge in [0, 0.05) is 0 Å². The second-order valence-electron chi connectivity index (χ2n) is 3.58. The van der Waals surface area contributed by atoms with E-state index in [-0.39, 0.29) is 0 Å². The Kier molecular flexibility index (Phi) is 1.32. The van der Waals surface area contributed by atoms with E-state index in [0.29, 0.717) is 12.8 Å². The maximum atomic E-state index is 13.2. The van der Waals surface area contributed by atoms with Gasteiger partial charge in [-0.05, 0) is 19.8 Å². The van der Waals surface area contributed by atoms with Crippen LogP contribution in [0.5, 0.6) is 0 Å². The molecule has 1 spiro atoms. The minimum atomic E-state index is -2.57. The van der Waals surface area contributed by atoms with E-state index in [4.69, 9.17) is 4.74 Å². The van der Waals surface area contributed by atoms with Crippen LogP contribution in [0.2, 0.25) is 0 Å². The van der Waals surface area contributed by atoms with E-state index in [1.807, 2.05) is 0 Å². The van der Waals surface area contributed by atoms with Gasteiger partial charge in [-0.1, -0.05) is 12.8 Å². The Morgan fingerprint density at radius 2 is 1.82 bits per heavy atom. The highest BCUT2D eigenvalue weighted by Crippen LogP contribution is 2.55. The van der Waals surface area contributed by atoms with Crippen LogP contribution in [0.3, 0.4) is 0 Å². The summed E-state index contributed by atoms with van der Waals surface area (Å²) in [7, 11) is 0. The molecule has 1 nitrogen and oxygen atoms in total. The summed E-state index contributed by atoms with van der Waals surface area (Å²) >= 11 is 0. The average Bonchev–Trinajstić information content (AvgIpc) is 2.39. The zero-order valence-corrected chi connectivity index (χ0v) is 6.57.